The van der Waals surface area contributed by atoms with Gasteiger partial charge in [0.2, 0.25) is 0 Å². The number of benzene rings is 1. The van der Waals surface area contributed by atoms with Crippen molar-refractivity contribution in [3.63, 3.8) is 0 Å². The molecule has 1 atom stereocenters. The number of carbonyl (C=O) groups is 1. The Morgan fingerprint density at radius 1 is 1.30 bits per heavy atom. The molecule has 1 aliphatic rings. The van der Waals surface area contributed by atoms with E-state index in [0.717, 1.165) is 40.9 Å². The number of fused-ring (bicyclic) bond motifs is 1. The summed E-state index contributed by atoms with van der Waals surface area (Å²) in [7, 11) is 0. The van der Waals surface area contributed by atoms with Gasteiger partial charge in [-0.2, -0.15) is 0 Å². The maximum Gasteiger partial charge on any atom is 0.408 e. The van der Waals surface area contributed by atoms with Gasteiger partial charge in [-0.25, -0.2) is 9.78 Å². The average molecular weight is 371 g/mol. The Bertz CT molecular complexity index is 823. The zero-order chi connectivity index (χ0) is 19.6. The standard InChI is InChI=1S/C21H29N3O3/c1-14-7-6-8-16-13-17(15(2)22-20(25)27-21(3,4)5)19(23-18(14)16)24-9-11-26-12-10-24/h6-8,13,15H,9-12H2,1-5H3,(H,22,25)/t15-/m0/s1. The fourth-order valence-electron chi connectivity index (χ4n) is 3.26. The van der Waals surface area contributed by atoms with E-state index in [4.69, 9.17) is 14.5 Å². The van der Waals surface area contributed by atoms with E-state index in [-0.39, 0.29) is 6.04 Å². The van der Waals surface area contributed by atoms with E-state index < -0.39 is 11.7 Å². The highest BCUT2D eigenvalue weighted by Gasteiger charge is 2.24. The van der Waals surface area contributed by atoms with Gasteiger partial charge >= 0.3 is 6.09 Å². The Labute approximate surface area is 160 Å². The molecule has 1 N–H and O–H groups in total. The summed E-state index contributed by atoms with van der Waals surface area (Å²) in [6.45, 7) is 12.5. The predicted octanol–water partition coefficient (Wildman–Crippen LogP) is 3.97. The number of ether oxygens (including phenoxy) is 2. The Morgan fingerprint density at radius 3 is 2.67 bits per heavy atom. The number of para-hydroxylation sites is 1. The second-order valence-corrected chi connectivity index (χ2v) is 8.02. The van der Waals surface area contributed by atoms with E-state index in [0.29, 0.717) is 13.2 Å². The molecule has 0 aliphatic carbocycles. The summed E-state index contributed by atoms with van der Waals surface area (Å²) in [4.78, 5) is 19.5. The minimum atomic E-state index is -0.532. The third-order valence-electron chi connectivity index (χ3n) is 4.57. The zero-order valence-corrected chi connectivity index (χ0v) is 16.8. The molecule has 0 saturated carbocycles. The first-order valence-corrected chi connectivity index (χ1v) is 9.47. The second kappa shape index (κ2) is 7.72. The van der Waals surface area contributed by atoms with E-state index in [1.54, 1.807) is 0 Å². The third kappa shape index (κ3) is 4.69. The van der Waals surface area contributed by atoms with Crippen molar-refractivity contribution in [3.8, 4) is 0 Å². The Hall–Kier alpha value is -2.34. The number of carbonyl (C=O) groups excluding carboxylic acids is 1. The minimum Gasteiger partial charge on any atom is -0.444 e. The monoisotopic (exact) mass is 371 g/mol. The van der Waals surface area contributed by atoms with Crippen molar-refractivity contribution < 1.29 is 14.3 Å². The molecule has 0 radical (unpaired) electrons. The van der Waals surface area contributed by atoms with Crippen LogP contribution >= 0.6 is 0 Å². The predicted molar refractivity (Wildman–Crippen MR) is 107 cm³/mol. The van der Waals surface area contributed by atoms with Crippen molar-refractivity contribution in [3.05, 3.63) is 35.4 Å². The lowest BCUT2D eigenvalue weighted by atomic mass is 10.0. The fraction of sp³-hybridized carbons (Fsp3) is 0.524. The number of anilines is 1. The third-order valence-corrected chi connectivity index (χ3v) is 4.57. The van der Waals surface area contributed by atoms with Crippen molar-refractivity contribution in [2.45, 2.75) is 46.3 Å². The molecule has 6 nitrogen and oxygen atoms in total. The molecule has 6 heteroatoms. The van der Waals surface area contributed by atoms with Gasteiger partial charge in [-0.3, -0.25) is 0 Å². The highest BCUT2D eigenvalue weighted by atomic mass is 16.6. The Morgan fingerprint density at radius 2 is 2.00 bits per heavy atom. The number of nitrogens with zero attached hydrogens (tertiary/aromatic N) is 2. The molecular formula is C21H29N3O3. The molecule has 2 aromatic rings. The van der Waals surface area contributed by atoms with Crippen LogP contribution in [0.1, 0.15) is 44.9 Å². The van der Waals surface area contributed by atoms with Crippen molar-refractivity contribution >= 4 is 22.8 Å². The second-order valence-electron chi connectivity index (χ2n) is 8.02. The molecule has 1 aliphatic heterocycles. The van der Waals surface area contributed by atoms with Gasteiger partial charge in [-0.15, -0.1) is 0 Å². The van der Waals surface area contributed by atoms with Crippen LogP contribution in [0.25, 0.3) is 10.9 Å². The topological polar surface area (TPSA) is 63.7 Å². The molecule has 1 fully saturated rings. The van der Waals surface area contributed by atoms with E-state index >= 15 is 0 Å². The van der Waals surface area contributed by atoms with E-state index in [1.807, 2.05) is 33.8 Å². The lowest BCUT2D eigenvalue weighted by molar-refractivity contribution is 0.0508. The van der Waals surface area contributed by atoms with Crippen LogP contribution in [0.15, 0.2) is 24.3 Å². The van der Waals surface area contributed by atoms with Crippen LogP contribution in [-0.4, -0.2) is 43.0 Å². The number of nitrogens with one attached hydrogen (secondary N) is 1. The van der Waals surface area contributed by atoms with Gasteiger partial charge < -0.3 is 19.7 Å². The van der Waals surface area contributed by atoms with Gasteiger partial charge in [0, 0.05) is 24.0 Å². The highest BCUT2D eigenvalue weighted by molar-refractivity contribution is 5.85. The fourth-order valence-corrected chi connectivity index (χ4v) is 3.26. The number of amides is 1. The van der Waals surface area contributed by atoms with Crippen LogP contribution in [-0.2, 0) is 9.47 Å². The van der Waals surface area contributed by atoms with Gasteiger partial charge in [0.25, 0.3) is 0 Å². The number of rotatable bonds is 3. The van der Waals surface area contributed by atoms with Crippen molar-refractivity contribution in [2.75, 3.05) is 31.2 Å². The van der Waals surface area contributed by atoms with Crippen molar-refractivity contribution in [2.24, 2.45) is 0 Å². The number of morpholine rings is 1. The summed E-state index contributed by atoms with van der Waals surface area (Å²) < 4.78 is 10.9. The number of aromatic nitrogens is 1. The first kappa shape index (κ1) is 19.4. The number of aryl methyl sites for hydroxylation is 1. The molecule has 1 aromatic carbocycles. The molecule has 27 heavy (non-hydrogen) atoms. The highest BCUT2D eigenvalue weighted by Crippen LogP contribution is 2.30. The number of hydrogen-bond donors (Lipinski definition) is 1. The van der Waals surface area contributed by atoms with Crippen molar-refractivity contribution in [1.29, 1.82) is 0 Å². The number of hydrogen-bond acceptors (Lipinski definition) is 5. The van der Waals surface area contributed by atoms with Crippen LogP contribution in [0.5, 0.6) is 0 Å². The summed E-state index contributed by atoms with van der Waals surface area (Å²) in [5.74, 6) is 0.906. The lowest BCUT2D eigenvalue weighted by Crippen LogP contribution is -2.39. The Kier molecular flexibility index (Phi) is 5.56. The van der Waals surface area contributed by atoms with E-state index in [2.05, 4.69) is 35.3 Å². The van der Waals surface area contributed by atoms with Crippen LogP contribution in [0.4, 0.5) is 10.6 Å². The maximum absolute atomic E-state index is 12.3. The molecule has 0 unspecified atom stereocenters. The summed E-state index contributed by atoms with van der Waals surface area (Å²) in [5, 5.41) is 4.02. The largest absolute Gasteiger partial charge is 0.444 e. The molecular weight excluding hydrogens is 342 g/mol. The first-order valence-electron chi connectivity index (χ1n) is 9.47. The maximum atomic E-state index is 12.3. The van der Waals surface area contributed by atoms with E-state index in [1.165, 1.54) is 0 Å². The average Bonchev–Trinajstić information content (AvgIpc) is 2.60. The quantitative estimate of drug-likeness (QED) is 0.885. The lowest BCUT2D eigenvalue weighted by Gasteiger charge is -2.31. The molecule has 3 rings (SSSR count). The summed E-state index contributed by atoms with van der Waals surface area (Å²) >= 11 is 0. The SMILES string of the molecule is Cc1cccc2cc([C@H](C)NC(=O)OC(C)(C)C)c(N3CCOCC3)nc12. The molecule has 1 amide bonds. The van der Waals surface area contributed by atoms with Crippen LogP contribution in [0.2, 0.25) is 0 Å². The molecule has 0 bridgehead atoms. The number of pyridine rings is 1. The van der Waals surface area contributed by atoms with Crippen molar-refractivity contribution in [1.82, 2.24) is 10.3 Å². The van der Waals surface area contributed by atoms with Crippen LogP contribution in [0, 0.1) is 6.92 Å². The smallest absolute Gasteiger partial charge is 0.408 e. The van der Waals surface area contributed by atoms with Gasteiger partial charge in [0.15, 0.2) is 0 Å². The normalized spacial score (nSPS) is 16.3. The van der Waals surface area contributed by atoms with E-state index in [9.17, 15) is 4.79 Å². The van der Waals surface area contributed by atoms with Crippen LogP contribution in [0.3, 0.4) is 0 Å². The first-order chi connectivity index (χ1) is 12.7. The van der Waals surface area contributed by atoms with Gasteiger partial charge in [-0.05, 0) is 46.2 Å². The van der Waals surface area contributed by atoms with Gasteiger partial charge in [-0.1, -0.05) is 18.2 Å². The molecule has 2 heterocycles. The molecule has 0 spiro atoms. The number of alkyl carbamates (subject to hydrolysis) is 1. The van der Waals surface area contributed by atoms with Gasteiger partial charge in [0.05, 0.1) is 24.8 Å². The Balaban J connectivity index is 1.97. The molecule has 146 valence electrons. The summed E-state index contributed by atoms with van der Waals surface area (Å²) in [5.41, 5.74) is 2.59. The minimum absolute atomic E-state index is 0.227. The summed E-state index contributed by atoms with van der Waals surface area (Å²) in [6, 6.07) is 8.06. The zero-order valence-electron chi connectivity index (χ0n) is 16.8. The van der Waals surface area contributed by atoms with Gasteiger partial charge in [0.1, 0.15) is 11.4 Å². The molecule has 1 saturated heterocycles. The van der Waals surface area contributed by atoms with Crippen LogP contribution < -0.4 is 10.2 Å². The molecule has 1 aromatic heterocycles. The summed E-state index contributed by atoms with van der Waals surface area (Å²) in [6.07, 6.45) is -0.424.